The van der Waals surface area contributed by atoms with Crippen molar-refractivity contribution in [3.8, 4) is 0 Å². The Balaban J connectivity index is 2.15. The van der Waals surface area contributed by atoms with E-state index in [2.05, 4.69) is 21.3 Å². The molecule has 0 spiro atoms. The summed E-state index contributed by atoms with van der Waals surface area (Å²) in [5.74, 6) is 1.05. The Morgan fingerprint density at radius 2 is 2.20 bits per heavy atom. The minimum absolute atomic E-state index is 0.364. The second kappa shape index (κ2) is 4.49. The van der Waals surface area contributed by atoms with Gasteiger partial charge in [0.15, 0.2) is 5.82 Å². The topological polar surface area (TPSA) is 54.2 Å². The van der Waals surface area contributed by atoms with E-state index in [0.717, 1.165) is 37.4 Å². The Hall–Kier alpha value is -1.29. The van der Waals surface area contributed by atoms with Gasteiger partial charge in [0.2, 0.25) is 0 Å². The number of nitrogens with one attached hydrogen (secondary N) is 1. The van der Waals surface area contributed by atoms with Crippen LogP contribution >= 0.6 is 0 Å². The first-order chi connectivity index (χ1) is 7.31. The van der Waals surface area contributed by atoms with Gasteiger partial charge in [-0.05, 0) is 25.0 Å². The monoisotopic (exact) mass is 206 g/mol. The SMILES string of the molecule is CNc1cccnc1N1CCC(N)CC1. The number of pyridine rings is 1. The summed E-state index contributed by atoms with van der Waals surface area (Å²) in [6.45, 7) is 2.01. The Labute approximate surface area is 90.5 Å². The molecule has 0 atom stereocenters. The average Bonchev–Trinajstić information content (AvgIpc) is 2.30. The molecule has 4 nitrogen and oxygen atoms in total. The van der Waals surface area contributed by atoms with Gasteiger partial charge >= 0.3 is 0 Å². The maximum Gasteiger partial charge on any atom is 0.151 e. The highest BCUT2D eigenvalue weighted by atomic mass is 15.2. The van der Waals surface area contributed by atoms with Crippen LogP contribution in [0.3, 0.4) is 0 Å². The second-order valence-corrected chi connectivity index (χ2v) is 3.95. The zero-order valence-electron chi connectivity index (χ0n) is 9.11. The molecular formula is C11H18N4. The largest absolute Gasteiger partial charge is 0.385 e. The fourth-order valence-corrected chi connectivity index (χ4v) is 1.96. The molecule has 0 unspecified atom stereocenters. The van der Waals surface area contributed by atoms with Gasteiger partial charge in [-0.25, -0.2) is 4.98 Å². The molecule has 82 valence electrons. The predicted octanol–water partition coefficient (Wildman–Crippen LogP) is 1.05. The smallest absolute Gasteiger partial charge is 0.151 e. The van der Waals surface area contributed by atoms with Gasteiger partial charge in [-0.2, -0.15) is 0 Å². The van der Waals surface area contributed by atoms with Gasteiger partial charge in [-0.3, -0.25) is 0 Å². The van der Waals surface area contributed by atoms with Crippen molar-refractivity contribution in [3.05, 3.63) is 18.3 Å². The van der Waals surface area contributed by atoms with Gasteiger partial charge in [0.1, 0.15) is 0 Å². The first-order valence-electron chi connectivity index (χ1n) is 5.44. The van der Waals surface area contributed by atoms with Crippen LogP contribution < -0.4 is 16.0 Å². The van der Waals surface area contributed by atoms with E-state index >= 15 is 0 Å². The van der Waals surface area contributed by atoms with Gasteiger partial charge < -0.3 is 16.0 Å². The summed E-state index contributed by atoms with van der Waals surface area (Å²) in [6.07, 6.45) is 3.95. The number of aromatic nitrogens is 1. The highest BCUT2D eigenvalue weighted by Crippen LogP contribution is 2.24. The number of nitrogens with two attached hydrogens (primary N) is 1. The highest BCUT2D eigenvalue weighted by Gasteiger charge is 2.18. The zero-order valence-corrected chi connectivity index (χ0v) is 9.11. The maximum absolute atomic E-state index is 5.88. The Bertz CT molecular complexity index is 318. The molecule has 0 bridgehead atoms. The fraction of sp³-hybridized carbons (Fsp3) is 0.545. The lowest BCUT2D eigenvalue weighted by atomic mass is 10.1. The fourth-order valence-electron chi connectivity index (χ4n) is 1.96. The molecule has 1 aliphatic rings. The molecule has 0 saturated carbocycles. The lowest BCUT2D eigenvalue weighted by Gasteiger charge is -2.32. The molecule has 15 heavy (non-hydrogen) atoms. The molecule has 1 aliphatic heterocycles. The zero-order chi connectivity index (χ0) is 10.7. The van der Waals surface area contributed by atoms with E-state index in [1.165, 1.54) is 0 Å². The molecule has 1 saturated heterocycles. The van der Waals surface area contributed by atoms with E-state index in [1.54, 1.807) is 0 Å². The van der Waals surface area contributed by atoms with Crippen molar-refractivity contribution in [3.63, 3.8) is 0 Å². The van der Waals surface area contributed by atoms with Crippen LogP contribution in [0.5, 0.6) is 0 Å². The van der Waals surface area contributed by atoms with Crippen molar-refractivity contribution in [2.45, 2.75) is 18.9 Å². The van der Waals surface area contributed by atoms with E-state index in [4.69, 9.17) is 5.73 Å². The molecule has 2 heterocycles. The molecule has 2 rings (SSSR count). The molecule has 3 N–H and O–H groups in total. The summed E-state index contributed by atoms with van der Waals surface area (Å²) >= 11 is 0. The molecule has 0 amide bonds. The van der Waals surface area contributed by atoms with Gasteiger partial charge in [0.05, 0.1) is 5.69 Å². The minimum Gasteiger partial charge on any atom is -0.385 e. The second-order valence-electron chi connectivity index (χ2n) is 3.95. The Morgan fingerprint density at radius 1 is 1.47 bits per heavy atom. The van der Waals surface area contributed by atoms with Crippen molar-refractivity contribution in [2.24, 2.45) is 5.73 Å². The molecule has 0 aromatic carbocycles. The van der Waals surface area contributed by atoms with Crippen LogP contribution in [0, 0.1) is 0 Å². The molecule has 0 radical (unpaired) electrons. The standard InChI is InChI=1S/C11H18N4/c1-13-10-3-2-6-14-11(10)15-7-4-9(12)5-8-15/h2-3,6,9,13H,4-5,7-8,12H2,1H3. The predicted molar refractivity (Wildman–Crippen MR) is 63.2 cm³/mol. The minimum atomic E-state index is 0.364. The first kappa shape index (κ1) is 10.2. The van der Waals surface area contributed by atoms with Crippen LogP contribution in [-0.4, -0.2) is 31.2 Å². The van der Waals surface area contributed by atoms with Crippen LogP contribution in [0.4, 0.5) is 11.5 Å². The van der Waals surface area contributed by atoms with Gasteiger partial charge in [0.25, 0.3) is 0 Å². The summed E-state index contributed by atoms with van der Waals surface area (Å²) in [5.41, 5.74) is 6.97. The van der Waals surface area contributed by atoms with Crippen LogP contribution in [-0.2, 0) is 0 Å². The van der Waals surface area contributed by atoms with E-state index in [-0.39, 0.29) is 0 Å². The molecule has 1 aromatic heterocycles. The van der Waals surface area contributed by atoms with Crippen molar-refractivity contribution in [1.82, 2.24) is 4.98 Å². The molecule has 1 fully saturated rings. The number of rotatable bonds is 2. The van der Waals surface area contributed by atoms with Gasteiger partial charge in [-0.1, -0.05) is 0 Å². The summed E-state index contributed by atoms with van der Waals surface area (Å²) in [6, 6.07) is 4.37. The van der Waals surface area contributed by atoms with Crippen LogP contribution in [0.1, 0.15) is 12.8 Å². The number of hydrogen-bond donors (Lipinski definition) is 2. The number of hydrogen-bond acceptors (Lipinski definition) is 4. The van der Waals surface area contributed by atoms with Crippen molar-refractivity contribution >= 4 is 11.5 Å². The number of nitrogens with zero attached hydrogens (tertiary/aromatic N) is 2. The normalized spacial score (nSPS) is 17.9. The molecule has 4 heteroatoms. The molecular weight excluding hydrogens is 188 g/mol. The van der Waals surface area contributed by atoms with Crippen molar-refractivity contribution < 1.29 is 0 Å². The van der Waals surface area contributed by atoms with Gasteiger partial charge in [-0.15, -0.1) is 0 Å². The summed E-state index contributed by atoms with van der Waals surface area (Å²) in [7, 11) is 1.93. The van der Waals surface area contributed by atoms with Crippen LogP contribution in [0.2, 0.25) is 0 Å². The number of piperidine rings is 1. The van der Waals surface area contributed by atoms with Gasteiger partial charge in [0, 0.05) is 32.4 Å². The van der Waals surface area contributed by atoms with E-state index in [0.29, 0.717) is 6.04 Å². The van der Waals surface area contributed by atoms with Crippen molar-refractivity contribution in [2.75, 3.05) is 30.4 Å². The third kappa shape index (κ3) is 2.21. The highest BCUT2D eigenvalue weighted by molar-refractivity contribution is 5.65. The average molecular weight is 206 g/mol. The molecule has 1 aromatic rings. The van der Waals surface area contributed by atoms with Crippen LogP contribution in [0.25, 0.3) is 0 Å². The van der Waals surface area contributed by atoms with E-state index in [1.807, 2.05) is 19.3 Å². The first-order valence-corrected chi connectivity index (χ1v) is 5.44. The summed E-state index contributed by atoms with van der Waals surface area (Å²) in [5, 5.41) is 3.17. The maximum atomic E-state index is 5.88. The number of anilines is 2. The third-order valence-corrected chi connectivity index (χ3v) is 2.90. The third-order valence-electron chi connectivity index (χ3n) is 2.90. The summed E-state index contributed by atoms with van der Waals surface area (Å²) < 4.78 is 0. The lowest BCUT2D eigenvalue weighted by molar-refractivity contribution is 0.499. The lowest BCUT2D eigenvalue weighted by Crippen LogP contribution is -2.40. The van der Waals surface area contributed by atoms with E-state index in [9.17, 15) is 0 Å². The molecule has 0 aliphatic carbocycles. The Kier molecular flexibility index (Phi) is 3.06. The summed E-state index contributed by atoms with van der Waals surface area (Å²) in [4.78, 5) is 6.72. The quantitative estimate of drug-likeness (QED) is 0.759. The van der Waals surface area contributed by atoms with Crippen LogP contribution in [0.15, 0.2) is 18.3 Å². The van der Waals surface area contributed by atoms with Crippen molar-refractivity contribution in [1.29, 1.82) is 0 Å². The Morgan fingerprint density at radius 3 is 2.87 bits per heavy atom. The van der Waals surface area contributed by atoms with E-state index < -0.39 is 0 Å².